The first-order valence-corrected chi connectivity index (χ1v) is 12.4. The zero-order valence-corrected chi connectivity index (χ0v) is 20.3. The van der Waals surface area contributed by atoms with Gasteiger partial charge in [-0.15, -0.1) is 0 Å². The van der Waals surface area contributed by atoms with Gasteiger partial charge in [0.25, 0.3) is 0 Å². The van der Waals surface area contributed by atoms with Crippen LogP contribution in [-0.2, 0) is 11.3 Å². The number of benzene rings is 2. The number of fused-ring (bicyclic) bond motifs is 1. The van der Waals surface area contributed by atoms with Gasteiger partial charge in [-0.05, 0) is 74.4 Å². The summed E-state index contributed by atoms with van der Waals surface area (Å²) in [5.41, 5.74) is 1.53. The lowest BCUT2D eigenvalue weighted by atomic mass is 9.72. The predicted octanol–water partition coefficient (Wildman–Crippen LogP) is 6.77. The summed E-state index contributed by atoms with van der Waals surface area (Å²) in [7, 11) is 0. The molecule has 4 nitrogen and oxygen atoms in total. The van der Waals surface area contributed by atoms with Crippen molar-refractivity contribution in [2.24, 2.45) is 17.3 Å². The SMILES string of the molecule is CC(C)(C)[C@H]1CC[C@H](Oc2cc(Cl)c3ccccc3c2CN2CCC(C(=O)O)CC2)CC1. The van der Waals surface area contributed by atoms with E-state index in [2.05, 4.69) is 43.9 Å². The van der Waals surface area contributed by atoms with Crippen LogP contribution in [0.2, 0.25) is 5.02 Å². The molecule has 2 aromatic carbocycles. The zero-order chi connectivity index (χ0) is 22.9. The Labute approximate surface area is 196 Å². The number of carboxylic acids is 1. The monoisotopic (exact) mass is 457 g/mol. The van der Waals surface area contributed by atoms with Crippen molar-refractivity contribution in [3.63, 3.8) is 0 Å². The average molecular weight is 458 g/mol. The second-order valence-electron chi connectivity index (χ2n) is 10.7. The molecule has 1 saturated heterocycles. The number of likely N-dealkylation sites (tertiary alicyclic amines) is 1. The molecule has 0 spiro atoms. The van der Waals surface area contributed by atoms with Gasteiger partial charge < -0.3 is 9.84 Å². The highest BCUT2D eigenvalue weighted by atomic mass is 35.5. The Bertz CT molecular complexity index is 951. The van der Waals surface area contributed by atoms with Gasteiger partial charge in [-0.25, -0.2) is 0 Å². The number of hydrogen-bond donors (Lipinski definition) is 1. The summed E-state index contributed by atoms with van der Waals surface area (Å²) < 4.78 is 6.63. The molecule has 32 heavy (non-hydrogen) atoms. The fourth-order valence-electron chi connectivity index (χ4n) is 5.42. The zero-order valence-electron chi connectivity index (χ0n) is 19.6. The summed E-state index contributed by atoms with van der Waals surface area (Å²) >= 11 is 6.67. The van der Waals surface area contributed by atoms with Crippen molar-refractivity contribution in [2.75, 3.05) is 13.1 Å². The maximum absolute atomic E-state index is 11.3. The van der Waals surface area contributed by atoms with Crippen LogP contribution < -0.4 is 4.74 Å². The first-order chi connectivity index (χ1) is 15.2. The molecule has 1 aliphatic heterocycles. The second kappa shape index (κ2) is 9.61. The van der Waals surface area contributed by atoms with Crippen molar-refractivity contribution in [1.29, 1.82) is 0 Å². The van der Waals surface area contributed by atoms with E-state index >= 15 is 0 Å². The van der Waals surface area contributed by atoms with Gasteiger partial charge in [0.05, 0.1) is 17.0 Å². The molecule has 1 heterocycles. The third-order valence-corrected chi connectivity index (χ3v) is 7.89. The van der Waals surface area contributed by atoms with Gasteiger partial charge in [0.1, 0.15) is 5.75 Å². The van der Waals surface area contributed by atoms with Crippen LogP contribution in [0.25, 0.3) is 10.8 Å². The number of ether oxygens (including phenoxy) is 1. The van der Waals surface area contributed by atoms with E-state index in [-0.39, 0.29) is 12.0 Å². The molecule has 0 unspecified atom stereocenters. The highest BCUT2D eigenvalue weighted by molar-refractivity contribution is 6.35. The molecule has 0 amide bonds. The van der Waals surface area contributed by atoms with Crippen molar-refractivity contribution in [3.8, 4) is 5.75 Å². The number of aliphatic carboxylic acids is 1. The van der Waals surface area contributed by atoms with E-state index in [1.165, 1.54) is 18.4 Å². The third-order valence-electron chi connectivity index (χ3n) is 7.58. The molecule has 1 N–H and O–H groups in total. The van der Waals surface area contributed by atoms with Crippen LogP contribution >= 0.6 is 11.6 Å². The number of nitrogens with zero attached hydrogens (tertiary/aromatic N) is 1. The normalized spacial score (nSPS) is 23.4. The molecule has 5 heteroatoms. The molecule has 2 aliphatic rings. The Balaban J connectivity index is 1.55. The molecule has 0 radical (unpaired) electrons. The number of carboxylic acid groups (broad SMARTS) is 1. The van der Waals surface area contributed by atoms with Crippen LogP contribution in [0.3, 0.4) is 0 Å². The molecule has 2 aromatic rings. The summed E-state index contributed by atoms with van der Waals surface area (Å²) in [5.74, 6) is 0.754. The molecule has 0 bridgehead atoms. The summed E-state index contributed by atoms with van der Waals surface area (Å²) in [6.45, 7) is 9.37. The number of hydrogen-bond acceptors (Lipinski definition) is 3. The van der Waals surface area contributed by atoms with Crippen LogP contribution in [-0.4, -0.2) is 35.2 Å². The molecule has 2 fully saturated rings. The van der Waals surface area contributed by atoms with Crippen molar-refractivity contribution in [2.45, 2.75) is 71.9 Å². The molecule has 1 aliphatic carbocycles. The van der Waals surface area contributed by atoms with Gasteiger partial charge in [-0.2, -0.15) is 0 Å². The number of carbonyl (C=O) groups is 1. The minimum Gasteiger partial charge on any atom is -0.490 e. The Kier molecular flexibility index (Phi) is 7.02. The fourth-order valence-corrected chi connectivity index (χ4v) is 5.69. The highest BCUT2D eigenvalue weighted by Crippen LogP contribution is 2.41. The summed E-state index contributed by atoms with van der Waals surface area (Å²) in [6.07, 6.45) is 6.19. The highest BCUT2D eigenvalue weighted by Gasteiger charge is 2.31. The molecule has 0 aromatic heterocycles. The van der Waals surface area contributed by atoms with Crippen LogP contribution in [0, 0.1) is 17.3 Å². The van der Waals surface area contributed by atoms with Crippen LogP contribution in [0.15, 0.2) is 30.3 Å². The van der Waals surface area contributed by atoms with Crippen LogP contribution in [0.4, 0.5) is 0 Å². The van der Waals surface area contributed by atoms with E-state index in [1.54, 1.807) is 0 Å². The van der Waals surface area contributed by atoms with Gasteiger partial charge in [0.2, 0.25) is 0 Å². The number of piperidine rings is 1. The van der Waals surface area contributed by atoms with Gasteiger partial charge in [-0.3, -0.25) is 9.69 Å². The van der Waals surface area contributed by atoms with Gasteiger partial charge in [-0.1, -0.05) is 56.6 Å². The fraction of sp³-hybridized carbons (Fsp3) is 0.593. The smallest absolute Gasteiger partial charge is 0.306 e. The minimum absolute atomic E-state index is 0.220. The predicted molar refractivity (Wildman–Crippen MR) is 130 cm³/mol. The van der Waals surface area contributed by atoms with Gasteiger partial charge in [0.15, 0.2) is 0 Å². The maximum atomic E-state index is 11.3. The van der Waals surface area contributed by atoms with E-state index in [9.17, 15) is 9.90 Å². The molecule has 4 rings (SSSR count). The molecule has 0 atom stereocenters. The standard InChI is InChI=1S/C27H36ClNO3/c1-27(2,3)19-8-10-20(11-9-19)32-25-16-24(28)22-7-5-4-6-21(22)23(25)17-29-14-12-18(13-15-29)26(30)31/h4-7,16,18-20H,8-15,17H2,1-3H3,(H,30,31)/t19-,20-. The lowest BCUT2D eigenvalue weighted by Crippen LogP contribution is -2.36. The van der Waals surface area contributed by atoms with Crippen LogP contribution in [0.1, 0.15) is 64.9 Å². The Morgan fingerprint density at radius 2 is 1.69 bits per heavy atom. The average Bonchev–Trinajstić information content (AvgIpc) is 2.76. The number of halogens is 1. The summed E-state index contributed by atoms with van der Waals surface area (Å²) in [5, 5.41) is 12.2. The Morgan fingerprint density at radius 1 is 1.06 bits per heavy atom. The van der Waals surface area contributed by atoms with E-state index in [0.29, 0.717) is 18.3 Å². The van der Waals surface area contributed by atoms with Crippen molar-refractivity contribution >= 4 is 28.3 Å². The first kappa shape index (κ1) is 23.4. The van der Waals surface area contributed by atoms with E-state index in [4.69, 9.17) is 16.3 Å². The summed E-state index contributed by atoms with van der Waals surface area (Å²) in [4.78, 5) is 13.7. The van der Waals surface area contributed by atoms with Crippen molar-refractivity contribution in [1.82, 2.24) is 4.90 Å². The molecule has 1 saturated carbocycles. The van der Waals surface area contributed by atoms with Crippen LogP contribution in [0.5, 0.6) is 5.75 Å². The van der Waals surface area contributed by atoms with E-state index < -0.39 is 5.97 Å². The Morgan fingerprint density at radius 3 is 2.28 bits per heavy atom. The first-order valence-electron chi connectivity index (χ1n) is 12.0. The molecular formula is C27H36ClNO3. The van der Waals surface area contributed by atoms with Gasteiger partial charge in [0, 0.05) is 17.5 Å². The molecule has 174 valence electrons. The van der Waals surface area contributed by atoms with E-state index in [1.807, 2.05) is 12.1 Å². The topological polar surface area (TPSA) is 49.8 Å². The second-order valence-corrected chi connectivity index (χ2v) is 11.1. The third kappa shape index (κ3) is 5.23. The van der Waals surface area contributed by atoms with Crippen molar-refractivity contribution in [3.05, 3.63) is 40.9 Å². The lowest BCUT2D eigenvalue weighted by molar-refractivity contribution is -0.143. The summed E-state index contributed by atoms with van der Waals surface area (Å²) in [6, 6.07) is 10.3. The van der Waals surface area contributed by atoms with E-state index in [0.717, 1.165) is 59.9 Å². The largest absolute Gasteiger partial charge is 0.490 e. The molecular weight excluding hydrogens is 422 g/mol. The lowest BCUT2D eigenvalue weighted by Gasteiger charge is -2.37. The Hall–Kier alpha value is -1.78. The van der Waals surface area contributed by atoms with Gasteiger partial charge >= 0.3 is 5.97 Å². The quantitative estimate of drug-likeness (QED) is 0.538. The number of rotatable bonds is 5. The maximum Gasteiger partial charge on any atom is 0.306 e. The van der Waals surface area contributed by atoms with Crippen molar-refractivity contribution < 1.29 is 14.6 Å². The minimum atomic E-state index is -0.670.